The van der Waals surface area contributed by atoms with Gasteiger partial charge in [0.25, 0.3) is 0 Å². The van der Waals surface area contributed by atoms with Crippen molar-refractivity contribution < 1.29 is 0 Å². The Morgan fingerprint density at radius 3 is 2.83 bits per heavy atom. The highest BCUT2D eigenvalue weighted by molar-refractivity contribution is 7.99. The lowest BCUT2D eigenvalue weighted by Crippen LogP contribution is -2.36. The third-order valence-electron chi connectivity index (χ3n) is 2.89. The average Bonchev–Trinajstić information content (AvgIpc) is 2.38. The summed E-state index contributed by atoms with van der Waals surface area (Å²) in [6.07, 6.45) is 6.29. The molecule has 0 bridgehead atoms. The van der Waals surface area contributed by atoms with Crippen LogP contribution in [0.2, 0.25) is 5.02 Å². The fourth-order valence-corrected chi connectivity index (χ4v) is 3.08. The number of nitrogens with one attached hydrogen (secondary N) is 1. The van der Waals surface area contributed by atoms with E-state index in [1.54, 1.807) is 11.8 Å². The zero-order valence-corrected chi connectivity index (χ0v) is 12.6. The van der Waals surface area contributed by atoms with Crippen molar-refractivity contribution >= 4 is 23.4 Å². The summed E-state index contributed by atoms with van der Waals surface area (Å²) >= 11 is 7.76. The lowest BCUT2D eigenvalue weighted by Gasteiger charge is -2.15. The summed E-state index contributed by atoms with van der Waals surface area (Å²) in [5.74, 6) is 6.58. The molecule has 0 aliphatic rings. The normalized spacial score (nSPS) is 12.6. The fraction of sp³-hybridized carbons (Fsp3) is 0.571. The lowest BCUT2D eigenvalue weighted by atomic mass is 10.1. The summed E-state index contributed by atoms with van der Waals surface area (Å²) in [5.41, 5.74) is 2.91. The van der Waals surface area contributed by atoms with E-state index in [4.69, 9.17) is 17.4 Å². The zero-order chi connectivity index (χ0) is 13.2. The molecular weight excluding hydrogens is 264 g/mol. The highest BCUT2D eigenvalue weighted by Crippen LogP contribution is 2.23. The third kappa shape index (κ3) is 6.64. The van der Waals surface area contributed by atoms with E-state index in [0.29, 0.717) is 6.04 Å². The van der Waals surface area contributed by atoms with Crippen LogP contribution in [0.25, 0.3) is 0 Å². The second-order valence-electron chi connectivity index (χ2n) is 4.48. The molecule has 102 valence electrons. The molecular formula is C14H23ClN2S. The van der Waals surface area contributed by atoms with E-state index in [1.807, 2.05) is 18.2 Å². The maximum Gasteiger partial charge on any atom is 0.0417 e. The summed E-state index contributed by atoms with van der Waals surface area (Å²) < 4.78 is 0. The molecule has 0 radical (unpaired) electrons. The quantitative estimate of drug-likeness (QED) is 0.309. The second-order valence-corrected chi connectivity index (χ2v) is 6.01. The van der Waals surface area contributed by atoms with Crippen molar-refractivity contribution in [2.45, 2.75) is 50.0 Å². The zero-order valence-electron chi connectivity index (χ0n) is 11.0. The predicted molar refractivity (Wildman–Crippen MR) is 82.0 cm³/mol. The van der Waals surface area contributed by atoms with Gasteiger partial charge in [-0.2, -0.15) is 0 Å². The lowest BCUT2D eigenvalue weighted by molar-refractivity contribution is 0.501. The number of benzene rings is 1. The van der Waals surface area contributed by atoms with Crippen LogP contribution >= 0.6 is 23.4 Å². The van der Waals surface area contributed by atoms with Crippen molar-refractivity contribution in [3.63, 3.8) is 0 Å². The Hall–Kier alpha value is -0.220. The van der Waals surface area contributed by atoms with Crippen molar-refractivity contribution in [1.29, 1.82) is 0 Å². The van der Waals surface area contributed by atoms with Gasteiger partial charge in [0.15, 0.2) is 0 Å². The first-order chi connectivity index (χ1) is 8.76. The molecule has 1 rings (SSSR count). The number of hydrazine groups is 1. The predicted octanol–water partition coefficient (Wildman–Crippen LogP) is 4.23. The molecule has 1 aromatic rings. The standard InChI is InChI=1S/C14H23ClN2S/c1-2-3-4-5-8-13(17-16)11-18-14-9-6-7-12(15)10-14/h6-7,9-10,13,17H,2-5,8,11,16H2,1H3. The van der Waals surface area contributed by atoms with Gasteiger partial charge in [-0.3, -0.25) is 11.3 Å². The SMILES string of the molecule is CCCCCCC(CSc1cccc(Cl)c1)NN. The van der Waals surface area contributed by atoms with E-state index >= 15 is 0 Å². The molecule has 3 N–H and O–H groups in total. The van der Waals surface area contributed by atoms with Crippen molar-refractivity contribution in [3.8, 4) is 0 Å². The molecule has 0 heterocycles. The molecule has 0 spiro atoms. The van der Waals surface area contributed by atoms with Crippen LogP contribution in [0.3, 0.4) is 0 Å². The summed E-state index contributed by atoms with van der Waals surface area (Å²) in [5, 5.41) is 0.792. The van der Waals surface area contributed by atoms with E-state index in [1.165, 1.54) is 30.6 Å². The Morgan fingerprint density at radius 1 is 1.33 bits per heavy atom. The number of hydrogen-bond acceptors (Lipinski definition) is 3. The second kappa shape index (κ2) is 9.68. The van der Waals surface area contributed by atoms with Crippen LogP contribution < -0.4 is 11.3 Å². The third-order valence-corrected chi connectivity index (χ3v) is 4.28. The van der Waals surface area contributed by atoms with Gasteiger partial charge in [0.2, 0.25) is 0 Å². The molecule has 2 nitrogen and oxygen atoms in total. The topological polar surface area (TPSA) is 38.0 Å². The van der Waals surface area contributed by atoms with Gasteiger partial charge in [-0.15, -0.1) is 11.8 Å². The number of thioether (sulfide) groups is 1. The molecule has 1 unspecified atom stereocenters. The highest BCUT2D eigenvalue weighted by atomic mass is 35.5. The molecule has 0 saturated carbocycles. The van der Waals surface area contributed by atoms with Crippen molar-refractivity contribution in [2.75, 3.05) is 5.75 Å². The first-order valence-electron chi connectivity index (χ1n) is 6.60. The minimum atomic E-state index is 0.380. The molecule has 0 fully saturated rings. The monoisotopic (exact) mass is 286 g/mol. The Morgan fingerprint density at radius 2 is 2.17 bits per heavy atom. The van der Waals surface area contributed by atoms with Crippen LogP contribution in [0.4, 0.5) is 0 Å². The largest absolute Gasteiger partial charge is 0.271 e. The number of unbranched alkanes of at least 4 members (excludes halogenated alkanes) is 3. The number of rotatable bonds is 9. The molecule has 0 aliphatic heterocycles. The van der Waals surface area contributed by atoms with Crippen molar-refractivity contribution in [2.24, 2.45) is 5.84 Å². The van der Waals surface area contributed by atoms with Crippen molar-refractivity contribution in [3.05, 3.63) is 29.3 Å². The molecule has 0 aromatic heterocycles. The molecule has 0 saturated heterocycles. The van der Waals surface area contributed by atoms with Gasteiger partial charge in [-0.05, 0) is 24.6 Å². The van der Waals surface area contributed by atoms with Crippen LogP contribution in [0.5, 0.6) is 0 Å². The molecule has 4 heteroatoms. The van der Waals surface area contributed by atoms with Crippen LogP contribution in [0, 0.1) is 0 Å². The van der Waals surface area contributed by atoms with E-state index in [0.717, 1.165) is 17.2 Å². The van der Waals surface area contributed by atoms with E-state index in [-0.39, 0.29) is 0 Å². The number of nitrogens with two attached hydrogens (primary N) is 1. The van der Waals surface area contributed by atoms with Gasteiger partial charge >= 0.3 is 0 Å². The maximum absolute atomic E-state index is 5.96. The first kappa shape index (κ1) is 15.8. The van der Waals surface area contributed by atoms with Gasteiger partial charge in [0, 0.05) is 21.7 Å². The van der Waals surface area contributed by atoms with Gasteiger partial charge in [-0.1, -0.05) is 50.3 Å². The first-order valence-corrected chi connectivity index (χ1v) is 7.97. The van der Waals surface area contributed by atoms with Gasteiger partial charge in [-0.25, -0.2) is 0 Å². The van der Waals surface area contributed by atoms with E-state index in [2.05, 4.69) is 18.4 Å². The molecule has 0 amide bonds. The maximum atomic E-state index is 5.96. The highest BCUT2D eigenvalue weighted by Gasteiger charge is 2.07. The summed E-state index contributed by atoms with van der Waals surface area (Å²) in [6, 6.07) is 8.34. The van der Waals surface area contributed by atoms with Gasteiger partial charge < -0.3 is 0 Å². The Labute approximate surface area is 120 Å². The minimum absolute atomic E-state index is 0.380. The van der Waals surface area contributed by atoms with Crippen LogP contribution in [-0.4, -0.2) is 11.8 Å². The minimum Gasteiger partial charge on any atom is -0.271 e. The van der Waals surface area contributed by atoms with Crippen molar-refractivity contribution in [1.82, 2.24) is 5.43 Å². The molecule has 18 heavy (non-hydrogen) atoms. The summed E-state index contributed by atoms with van der Waals surface area (Å²) in [6.45, 7) is 2.23. The van der Waals surface area contributed by atoms with Gasteiger partial charge in [0.05, 0.1) is 0 Å². The smallest absolute Gasteiger partial charge is 0.0417 e. The van der Waals surface area contributed by atoms with Crippen LogP contribution in [0.15, 0.2) is 29.2 Å². The Bertz CT molecular complexity index is 333. The van der Waals surface area contributed by atoms with Gasteiger partial charge in [0.1, 0.15) is 0 Å². The molecule has 1 aromatic carbocycles. The van der Waals surface area contributed by atoms with Crippen LogP contribution in [0.1, 0.15) is 39.0 Å². The summed E-state index contributed by atoms with van der Waals surface area (Å²) in [7, 11) is 0. The fourth-order valence-electron chi connectivity index (χ4n) is 1.79. The summed E-state index contributed by atoms with van der Waals surface area (Å²) in [4.78, 5) is 1.20. The molecule has 0 aliphatic carbocycles. The Kier molecular flexibility index (Phi) is 8.51. The Balaban J connectivity index is 2.26. The van der Waals surface area contributed by atoms with E-state index < -0.39 is 0 Å². The van der Waals surface area contributed by atoms with E-state index in [9.17, 15) is 0 Å². The average molecular weight is 287 g/mol. The number of halogens is 1. The van der Waals surface area contributed by atoms with Crippen LogP contribution in [-0.2, 0) is 0 Å². The molecule has 1 atom stereocenters. The number of hydrogen-bond donors (Lipinski definition) is 2.